The summed E-state index contributed by atoms with van der Waals surface area (Å²) in [5.41, 5.74) is 0.0193. The van der Waals surface area contributed by atoms with Gasteiger partial charge in [0.25, 0.3) is 5.91 Å². The number of aliphatic hydroxyl groups is 1. The Morgan fingerprint density at radius 1 is 1.12 bits per heavy atom. The smallest absolute Gasteiger partial charge is 0.260 e. The Kier molecular flexibility index (Phi) is 5.79. The maximum atomic E-state index is 13.0. The highest BCUT2D eigenvalue weighted by Gasteiger charge is 2.34. The number of benzene rings is 2. The molecule has 1 fully saturated rings. The number of piperidine rings is 1. The van der Waals surface area contributed by atoms with E-state index in [9.17, 15) is 14.3 Å². The average molecular weight is 378 g/mol. The third kappa shape index (κ3) is 4.96. The Labute approximate surface area is 157 Å². The summed E-state index contributed by atoms with van der Waals surface area (Å²) in [7, 11) is 0. The van der Waals surface area contributed by atoms with E-state index in [1.165, 1.54) is 12.1 Å². The van der Waals surface area contributed by atoms with Crippen molar-refractivity contribution < 1.29 is 19.0 Å². The summed E-state index contributed by atoms with van der Waals surface area (Å²) in [6.07, 6.45) is 1.42. The number of carbonyl (C=O) groups is 1. The van der Waals surface area contributed by atoms with Crippen molar-refractivity contribution in [2.75, 3.05) is 19.7 Å². The van der Waals surface area contributed by atoms with Gasteiger partial charge in [0.15, 0.2) is 6.61 Å². The molecular formula is C20H21ClFNO3. The van der Waals surface area contributed by atoms with Gasteiger partial charge in [-0.05, 0) is 54.8 Å². The number of hydrogen-bond donors (Lipinski definition) is 1. The van der Waals surface area contributed by atoms with Crippen LogP contribution in [0.3, 0.4) is 0 Å². The van der Waals surface area contributed by atoms with Crippen molar-refractivity contribution in [1.82, 2.24) is 4.90 Å². The first kappa shape index (κ1) is 18.7. The molecule has 0 bridgehead atoms. The van der Waals surface area contributed by atoms with Gasteiger partial charge in [-0.3, -0.25) is 4.79 Å². The van der Waals surface area contributed by atoms with Crippen LogP contribution in [0.2, 0.25) is 5.02 Å². The molecule has 0 aliphatic carbocycles. The van der Waals surface area contributed by atoms with Gasteiger partial charge in [-0.1, -0.05) is 23.7 Å². The highest BCUT2D eigenvalue weighted by Crippen LogP contribution is 2.26. The third-order valence-electron chi connectivity index (χ3n) is 4.67. The molecule has 1 amide bonds. The van der Waals surface area contributed by atoms with Crippen LogP contribution in [0.25, 0.3) is 0 Å². The summed E-state index contributed by atoms with van der Waals surface area (Å²) in [4.78, 5) is 14.0. The lowest BCUT2D eigenvalue weighted by Crippen LogP contribution is -2.48. The van der Waals surface area contributed by atoms with E-state index >= 15 is 0 Å². The van der Waals surface area contributed by atoms with Gasteiger partial charge in [0.2, 0.25) is 0 Å². The third-order valence-corrected chi connectivity index (χ3v) is 4.92. The van der Waals surface area contributed by atoms with Crippen LogP contribution in [-0.4, -0.2) is 41.2 Å². The standard InChI is InChI=1S/C20H21ClFNO3/c21-16-3-7-18(8-4-16)26-14-19(24)23-11-9-20(25,10-12-23)13-15-1-5-17(22)6-2-15/h1-8,25H,9-14H2. The molecule has 6 heteroatoms. The fourth-order valence-electron chi connectivity index (χ4n) is 3.10. The van der Waals surface area contributed by atoms with Crippen LogP contribution >= 0.6 is 11.6 Å². The minimum absolute atomic E-state index is 0.0436. The zero-order valence-electron chi connectivity index (χ0n) is 14.3. The lowest BCUT2D eigenvalue weighted by molar-refractivity contribution is -0.137. The molecule has 3 rings (SSSR count). The second-order valence-electron chi connectivity index (χ2n) is 6.65. The lowest BCUT2D eigenvalue weighted by Gasteiger charge is -2.38. The number of ether oxygens (including phenoxy) is 1. The molecule has 138 valence electrons. The van der Waals surface area contributed by atoms with Crippen LogP contribution in [-0.2, 0) is 11.2 Å². The van der Waals surface area contributed by atoms with Crippen LogP contribution in [0.1, 0.15) is 18.4 Å². The number of halogens is 2. The van der Waals surface area contributed by atoms with Gasteiger partial charge in [-0.15, -0.1) is 0 Å². The molecule has 2 aromatic rings. The highest BCUT2D eigenvalue weighted by atomic mass is 35.5. The van der Waals surface area contributed by atoms with Crippen molar-refractivity contribution in [2.45, 2.75) is 24.9 Å². The Morgan fingerprint density at radius 3 is 2.35 bits per heavy atom. The van der Waals surface area contributed by atoms with Gasteiger partial charge < -0.3 is 14.7 Å². The SMILES string of the molecule is O=C(COc1ccc(Cl)cc1)N1CCC(O)(Cc2ccc(F)cc2)CC1. The van der Waals surface area contributed by atoms with Crippen LogP contribution in [0, 0.1) is 5.82 Å². The highest BCUT2D eigenvalue weighted by molar-refractivity contribution is 6.30. The predicted molar refractivity (Wildman–Crippen MR) is 97.8 cm³/mol. The average Bonchev–Trinajstić information content (AvgIpc) is 2.63. The van der Waals surface area contributed by atoms with E-state index in [4.69, 9.17) is 16.3 Å². The monoisotopic (exact) mass is 377 g/mol. The molecule has 26 heavy (non-hydrogen) atoms. The Balaban J connectivity index is 1.48. The van der Waals surface area contributed by atoms with Gasteiger partial charge in [-0.25, -0.2) is 4.39 Å². The van der Waals surface area contributed by atoms with Crippen LogP contribution < -0.4 is 4.74 Å². The van der Waals surface area contributed by atoms with Crippen LogP contribution in [0.15, 0.2) is 48.5 Å². The summed E-state index contributed by atoms with van der Waals surface area (Å²) in [5, 5.41) is 11.4. The summed E-state index contributed by atoms with van der Waals surface area (Å²) < 4.78 is 18.5. The van der Waals surface area contributed by atoms with E-state index in [-0.39, 0.29) is 18.3 Å². The fraction of sp³-hybridized carbons (Fsp3) is 0.350. The predicted octanol–water partition coefficient (Wildman–Crippen LogP) is 3.45. The molecule has 0 atom stereocenters. The van der Waals surface area contributed by atoms with Gasteiger partial charge in [0, 0.05) is 24.5 Å². The normalized spacial score (nSPS) is 16.3. The van der Waals surface area contributed by atoms with Crippen LogP contribution in [0.5, 0.6) is 5.75 Å². The number of rotatable bonds is 5. The van der Waals surface area contributed by atoms with E-state index in [0.717, 1.165) is 5.56 Å². The minimum Gasteiger partial charge on any atom is -0.484 e. The maximum Gasteiger partial charge on any atom is 0.260 e. The number of hydrogen-bond acceptors (Lipinski definition) is 3. The Bertz CT molecular complexity index is 741. The summed E-state index contributed by atoms with van der Waals surface area (Å²) in [6.45, 7) is 0.902. The van der Waals surface area contributed by atoms with Gasteiger partial charge in [0.05, 0.1) is 5.60 Å². The first-order chi connectivity index (χ1) is 12.4. The lowest BCUT2D eigenvalue weighted by atomic mass is 9.85. The van der Waals surface area contributed by atoms with Crippen LogP contribution in [0.4, 0.5) is 4.39 Å². The largest absolute Gasteiger partial charge is 0.484 e. The molecule has 1 aliphatic rings. The Morgan fingerprint density at radius 2 is 1.73 bits per heavy atom. The molecule has 0 unspecified atom stereocenters. The molecule has 0 radical (unpaired) electrons. The first-order valence-corrected chi connectivity index (χ1v) is 8.94. The maximum absolute atomic E-state index is 13.0. The molecule has 0 spiro atoms. The quantitative estimate of drug-likeness (QED) is 0.868. The molecule has 1 heterocycles. The summed E-state index contributed by atoms with van der Waals surface area (Å²) in [5.74, 6) is 0.193. The molecular weight excluding hydrogens is 357 g/mol. The summed E-state index contributed by atoms with van der Waals surface area (Å²) in [6, 6.07) is 13.0. The van der Waals surface area contributed by atoms with E-state index in [1.54, 1.807) is 41.3 Å². The molecule has 4 nitrogen and oxygen atoms in total. The fourth-order valence-corrected chi connectivity index (χ4v) is 3.22. The Hall–Kier alpha value is -2.11. The van der Waals surface area contributed by atoms with E-state index < -0.39 is 5.60 Å². The number of carbonyl (C=O) groups excluding carboxylic acids is 1. The van der Waals surface area contributed by atoms with Crippen molar-refractivity contribution >= 4 is 17.5 Å². The van der Waals surface area contributed by atoms with Crippen molar-refractivity contribution in [3.05, 3.63) is 64.9 Å². The first-order valence-electron chi connectivity index (χ1n) is 8.57. The number of amides is 1. The van der Waals surface area contributed by atoms with Crippen molar-refractivity contribution in [3.8, 4) is 5.75 Å². The van der Waals surface area contributed by atoms with E-state index in [0.29, 0.717) is 43.1 Å². The zero-order chi connectivity index (χ0) is 18.6. The molecule has 1 N–H and O–H groups in total. The molecule has 1 aliphatic heterocycles. The van der Waals surface area contributed by atoms with Crippen molar-refractivity contribution in [3.63, 3.8) is 0 Å². The van der Waals surface area contributed by atoms with Crippen molar-refractivity contribution in [1.29, 1.82) is 0 Å². The van der Waals surface area contributed by atoms with Gasteiger partial charge >= 0.3 is 0 Å². The van der Waals surface area contributed by atoms with E-state index in [2.05, 4.69) is 0 Å². The zero-order valence-corrected chi connectivity index (χ0v) is 15.1. The molecule has 1 saturated heterocycles. The minimum atomic E-state index is -0.869. The molecule has 0 aromatic heterocycles. The summed E-state index contributed by atoms with van der Waals surface area (Å²) >= 11 is 5.82. The molecule has 2 aromatic carbocycles. The van der Waals surface area contributed by atoms with Crippen molar-refractivity contribution in [2.24, 2.45) is 0 Å². The van der Waals surface area contributed by atoms with Gasteiger partial charge in [0.1, 0.15) is 11.6 Å². The number of likely N-dealkylation sites (tertiary alicyclic amines) is 1. The molecule has 0 saturated carbocycles. The number of nitrogens with zero attached hydrogens (tertiary/aromatic N) is 1. The second-order valence-corrected chi connectivity index (χ2v) is 7.09. The second kappa shape index (κ2) is 8.06. The van der Waals surface area contributed by atoms with Gasteiger partial charge in [-0.2, -0.15) is 0 Å². The topological polar surface area (TPSA) is 49.8 Å². The van der Waals surface area contributed by atoms with E-state index in [1.807, 2.05) is 0 Å².